The van der Waals surface area contributed by atoms with Crippen LogP contribution in [0, 0.1) is 0 Å². The minimum absolute atomic E-state index is 0.103. The van der Waals surface area contributed by atoms with Crippen LogP contribution in [0.5, 0.6) is 0 Å². The predicted molar refractivity (Wildman–Crippen MR) is 160 cm³/mol. The second kappa shape index (κ2) is 17.5. The molecule has 0 fully saturated rings. The number of ether oxygens (including phenoxy) is 1. The van der Waals surface area contributed by atoms with E-state index in [0.717, 1.165) is 34.7 Å². The van der Waals surface area contributed by atoms with Crippen molar-refractivity contribution >= 4 is 34.4 Å². The van der Waals surface area contributed by atoms with Crippen molar-refractivity contribution in [3.8, 4) is 0 Å². The second-order valence-electron chi connectivity index (χ2n) is 9.91. The highest BCUT2D eigenvalue weighted by atomic mass is 16.6. The minimum Gasteiger partial charge on any atom is -0.382 e. The van der Waals surface area contributed by atoms with Crippen molar-refractivity contribution in [3.05, 3.63) is 83.9 Å². The van der Waals surface area contributed by atoms with Crippen molar-refractivity contribution in [1.82, 2.24) is 21.4 Å². The Bertz CT molecular complexity index is 1310. The number of amides is 4. The van der Waals surface area contributed by atoms with E-state index in [1.807, 2.05) is 79.7 Å². The maximum Gasteiger partial charge on any atom is 0.246 e. The molecule has 3 aromatic carbocycles. The molecular formula is C32H40N4O6. The van der Waals surface area contributed by atoms with Gasteiger partial charge >= 0.3 is 0 Å². The van der Waals surface area contributed by atoms with Gasteiger partial charge in [0.05, 0.1) is 19.6 Å². The summed E-state index contributed by atoms with van der Waals surface area (Å²) in [6.45, 7) is 2.46. The molecule has 0 aliphatic rings. The Balaban J connectivity index is 1.64. The van der Waals surface area contributed by atoms with Crippen molar-refractivity contribution in [2.75, 3.05) is 20.3 Å². The lowest BCUT2D eigenvalue weighted by atomic mass is 10.0. The summed E-state index contributed by atoms with van der Waals surface area (Å²) in [7, 11) is 1.42. The molecule has 0 aromatic heterocycles. The molecule has 0 bridgehead atoms. The molecule has 0 saturated carbocycles. The predicted octanol–water partition coefficient (Wildman–Crippen LogP) is 2.94. The zero-order valence-corrected chi connectivity index (χ0v) is 24.2. The molecule has 10 nitrogen and oxygen atoms in total. The normalized spacial score (nSPS) is 12.2. The molecule has 42 heavy (non-hydrogen) atoms. The quantitative estimate of drug-likeness (QED) is 0.144. The van der Waals surface area contributed by atoms with Crippen LogP contribution in [0.4, 0.5) is 0 Å². The molecule has 0 radical (unpaired) electrons. The van der Waals surface area contributed by atoms with Crippen LogP contribution in [0.2, 0.25) is 0 Å². The van der Waals surface area contributed by atoms with Gasteiger partial charge in [0.1, 0.15) is 12.1 Å². The average molecular weight is 577 g/mol. The summed E-state index contributed by atoms with van der Waals surface area (Å²) in [6, 6.07) is 20.9. The number of carbonyl (C=O) groups is 4. The van der Waals surface area contributed by atoms with E-state index < -0.39 is 35.7 Å². The van der Waals surface area contributed by atoms with Gasteiger partial charge in [-0.05, 0) is 34.7 Å². The maximum absolute atomic E-state index is 13.3. The SMILES string of the molecule is CCCCONC(=O)C[C@H](NC(=O)CCc1ccccc1)C(=O)N[C@@H](COC)C(=O)NCc1cccc2ccccc12. The van der Waals surface area contributed by atoms with Crippen LogP contribution >= 0.6 is 0 Å². The summed E-state index contributed by atoms with van der Waals surface area (Å²) in [5.41, 5.74) is 4.21. The van der Waals surface area contributed by atoms with Crippen molar-refractivity contribution in [1.29, 1.82) is 0 Å². The lowest BCUT2D eigenvalue weighted by Gasteiger charge is -2.23. The Labute approximate surface area is 246 Å². The van der Waals surface area contributed by atoms with Crippen LogP contribution in [0.25, 0.3) is 10.8 Å². The summed E-state index contributed by atoms with van der Waals surface area (Å²) in [6.07, 6.45) is 1.87. The van der Waals surface area contributed by atoms with Gasteiger partial charge in [-0.1, -0.05) is 86.1 Å². The largest absolute Gasteiger partial charge is 0.382 e. The highest BCUT2D eigenvalue weighted by Gasteiger charge is 2.28. The third-order valence-corrected chi connectivity index (χ3v) is 6.61. The molecule has 0 aliphatic heterocycles. The van der Waals surface area contributed by atoms with E-state index in [9.17, 15) is 19.2 Å². The summed E-state index contributed by atoms with van der Waals surface area (Å²) in [5.74, 6) is -2.12. The maximum atomic E-state index is 13.3. The molecule has 0 aliphatic carbocycles. The van der Waals surface area contributed by atoms with E-state index in [2.05, 4.69) is 21.4 Å². The smallest absolute Gasteiger partial charge is 0.246 e. The second-order valence-corrected chi connectivity index (χ2v) is 9.91. The number of hydrogen-bond acceptors (Lipinski definition) is 6. The zero-order chi connectivity index (χ0) is 30.2. The van der Waals surface area contributed by atoms with Gasteiger partial charge < -0.3 is 20.7 Å². The molecule has 4 N–H and O–H groups in total. The average Bonchev–Trinajstić information content (AvgIpc) is 3.00. The van der Waals surface area contributed by atoms with Crippen molar-refractivity contribution < 1.29 is 28.8 Å². The molecule has 10 heteroatoms. The Hall–Kier alpha value is -4.28. The molecule has 3 rings (SSSR count). The topological polar surface area (TPSA) is 135 Å². The Morgan fingerprint density at radius 3 is 2.31 bits per heavy atom. The molecule has 0 spiro atoms. The Morgan fingerprint density at radius 1 is 0.810 bits per heavy atom. The van der Waals surface area contributed by atoms with Gasteiger partial charge in [-0.3, -0.25) is 24.0 Å². The summed E-state index contributed by atoms with van der Waals surface area (Å²) >= 11 is 0. The van der Waals surface area contributed by atoms with Crippen LogP contribution in [0.1, 0.15) is 43.7 Å². The first-order valence-electron chi connectivity index (χ1n) is 14.2. The van der Waals surface area contributed by atoms with Crippen LogP contribution in [0.3, 0.4) is 0 Å². The van der Waals surface area contributed by atoms with Crippen LogP contribution in [-0.4, -0.2) is 56.0 Å². The molecule has 2 atom stereocenters. The fourth-order valence-electron chi connectivity index (χ4n) is 4.33. The number of hydrogen-bond donors (Lipinski definition) is 4. The first-order chi connectivity index (χ1) is 20.4. The monoisotopic (exact) mass is 576 g/mol. The van der Waals surface area contributed by atoms with Crippen LogP contribution < -0.4 is 21.4 Å². The minimum atomic E-state index is -1.23. The van der Waals surface area contributed by atoms with Gasteiger partial charge in [-0.2, -0.15) is 0 Å². The molecular weight excluding hydrogens is 536 g/mol. The van der Waals surface area contributed by atoms with E-state index >= 15 is 0 Å². The van der Waals surface area contributed by atoms with E-state index in [1.165, 1.54) is 7.11 Å². The zero-order valence-electron chi connectivity index (χ0n) is 24.2. The van der Waals surface area contributed by atoms with Crippen molar-refractivity contribution in [2.45, 2.75) is 57.7 Å². The number of nitrogens with one attached hydrogen (secondary N) is 4. The van der Waals surface area contributed by atoms with Gasteiger partial charge in [-0.25, -0.2) is 5.48 Å². The van der Waals surface area contributed by atoms with Crippen molar-refractivity contribution in [2.24, 2.45) is 0 Å². The number of fused-ring (bicyclic) bond motifs is 1. The number of methoxy groups -OCH3 is 1. The number of aryl methyl sites for hydroxylation is 1. The van der Waals surface area contributed by atoms with Gasteiger partial charge in [0.2, 0.25) is 23.6 Å². The molecule has 3 aromatic rings. The molecule has 4 amide bonds. The summed E-state index contributed by atoms with van der Waals surface area (Å²) in [5, 5.41) is 10.2. The van der Waals surface area contributed by atoms with Gasteiger partial charge in [0.25, 0.3) is 0 Å². The third-order valence-electron chi connectivity index (χ3n) is 6.61. The van der Waals surface area contributed by atoms with Crippen LogP contribution in [-0.2, 0) is 41.7 Å². The Morgan fingerprint density at radius 2 is 1.55 bits per heavy atom. The first-order valence-corrected chi connectivity index (χ1v) is 14.2. The third kappa shape index (κ3) is 10.6. The van der Waals surface area contributed by atoms with Gasteiger partial charge in [0, 0.05) is 20.1 Å². The molecule has 0 saturated heterocycles. The lowest BCUT2D eigenvalue weighted by molar-refractivity contribution is -0.138. The standard InChI is InChI=1S/C32H40N4O6/c1-3-4-19-42-36-30(38)20-27(34-29(37)18-17-23-11-6-5-7-12-23)32(40)35-28(22-41-2)31(39)33-21-25-15-10-14-24-13-8-9-16-26(24)25/h5-16,27-28H,3-4,17-22H2,1-2H3,(H,33,39)(H,34,37)(H,35,40)(H,36,38)/t27-,28-/m0/s1. The number of unbranched alkanes of at least 4 members (excludes halogenated alkanes) is 1. The van der Waals surface area contributed by atoms with Crippen LogP contribution in [0.15, 0.2) is 72.8 Å². The summed E-state index contributed by atoms with van der Waals surface area (Å²) in [4.78, 5) is 56.9. The van der Waals surface area contributed by atoms with Gasteiger partial charge in [-0.15, -0.1) is 0 Å². The van der Waals surface area contributed by atoms with E-state index in [4.69, 9.17) is 9.57 Å². The number of hydroxylamine groups is 1. The number of benzene rings is 3. The Kier molecular flexibility index (Phi) is 13.4. The fraction of sp³-hybridized carbons (Fsp3) is 0.375. The highest BCUT2D eigenvalue weighted by Crippen LogP contribution is 2.18. The molecule has 0 unspecified atom stereocenters. The van der Waals surface area contributed by atoms with E-state index in [1.54, 1.807) is 0 Å². The summed E-state index contributed by atoms with van der Waals surface area (Å²) < 4.78 is 5.19. The first kappa shape index (κ1) is 32.2. The van der Waals surface area contributed by atoms with Crippen molar-refractivity contribution in [3.63, 3.8) is 0 Å². The number of rotatable bonds is 17. The van der Waals surface area contributed by atoms with Gasteiger partial charge in [0.15, 0.2) is 0 Å². The molecule has 0 heterocycles. The van der Waals surface area contributed by atoms with E-state index in [-0.39, 0.29) is 26.0 Å². The lowest BCUT2D eigenvalue weighted by Crippen LogP contribution is -2.56. The number of carbonyl (C=O) groups excluding carboxylic acids is 4. The fourth-order valence-corrected chi connectivity index (χ4v) is 4.33. The molecule has 224 valence electrons. The van der Waals surface area contributed by atoms with E-state index in [0.29, 0.717) is 13.0 Å². The highest BCUT2D eigenvalue weighted by molar-refractivity contribution is 5.95.